The van der Waals surface area contributed by atoms with Crippen molar-refractivity contribution in [3.8, 4) is 22.3 Å². The molecule has 0 bridgehead atoms. The van der Waals surface area contributed by atoms with E-state index in [2.05, 4.69) is 186 Å². The summed E-state index contributed by atoms with van der Waals surface area (Å²) in [5, 5.41) is 0. The highest BCUT2D eigenvalue weighted by molar-refractivity contribution is 14.1. The van der Waals surface area contributed by atoms with Gasteiger partial charge in [-0.2, -0.15) is 0 Å². The molecule has 1 unspecified atom stereocenters. The number of halogens is 3. The minimum absolute atomic E-state index is 0.0642. The van der Waals surface area contributed by atoms with Gasteiger partial charge in [-0.1, -0.05) is 94.4 Å². The zero-order valence-electron chi connectivity index (χ0n) is 21.4. The zero-order valence-corrected chi connectivity index (χ0v) is 27.8. The number of alkyl halides is 1. The molecule has 0 radical (unpaired) electrons. The van der Waals surface area contributed by atoms with Crippen LogP contribution >= 0.6 is 67.8 Å². The fourth-order valence-electron chi connectivity index (χ4n) is 6.71. The normalized spacial score (nSPS) is 18.1. The van der Waals surface area contributed by atoms with E-state index in [9.17, 15) is 0 Å². The van der Waals surface area contributed by atoms with Crippen molar-refractivity contribution in [1.29, 1.82) is 0 Å². The van der Waals surface area contributed by atoms with Gasteiger partial charge >= 0.3 is 0 Å². The summed E-state index contributed by atoms with van der Waals surface area (Å²) in [6.45, 7) is 6.80. The van der Waals surface area contributed by atoms with Gasteiger partial charge < -0.3 is 0 Å². The van der Waals surface area contributed by atoms with Gasteiger partial charge in [0, 0.05) is 7.14 Å². The quantitative estimate of drug-likeness (QED) is 0.121. The van der Waals surface area contributed by atoms with E-state index in [0.29, 0.717) is 0 Å². The highest BCUT2D eigenvalue weighted by Crippen LogP contribution is 2.61. The van der Waals surface area contributed by atoms with E-state index in [1.165, 1.54) is 73.9 Å². The highest BCUT2D eigenvalue weighted by atomic mass is 127. The van der Waals surface area contributed by atoms with Crippen molar-refractivity contribution in [2.45, 2.75) is 29.6 Å². The molecular weight excluding hydrogens is 801 g/mol. The monoisotopic (exact) mass is 826 g/mol. The maximum atomic E-state index is 2.67. The molecule has 5 aromatic carbocycles. The lowest BCUT2D eigenvalue weighted by molar-refractivity contribution is 0.766. The lowest BCUT2D eigenvalue weighted by atomic mass is 9.67. The van der Waals surface area contributed by atoms with Crippen molar-refractivity contribution < 1.29 is 0 Å². The van der Waals surface area contributed by atoms with Crippen LogP contribution in [0.4, 0.5) is 0 Å². The first kappa shape index (κ1) is 25.3. The Balaban J connectivity index is 1.64. The molecule has 2 aliphatic carbocycles. The van der Waals surface area contributed by atoms with Crippen LogP contribution in [0.5, 0.6) is 0 Å². The molecular formula is C35H25I3. The Bertz CT molecular complexity index is 1710. The van der Waals surface area contributed by atoms with Crippen LogP contribution in [0.2, 0.25) is 0 Å². The van der Waals surface area contributed by atoms with Crippen molar-refractivity contribution in [1.82, 2.24) is 0 Å². The molecule has 186 valence electrons. The van der Waals surface area contributed by atoms with Crippen LogP contribution in [-0.4, -0.2) is 0 Å². The van der Waals surface area contributed by atoms with Gasteiger partial charge in [0.15, 0.2) is 0 Å². The summed E-state index contributed by atoms with van der Waals surface area (Å²) < 4.78 is 2.45. The Morgan fingerprint density at radius 1 is 0.474 bits per heavy atom. The van der Waals surface area contributed by atoms with Gasteiger partial charge in [-0.15, -0.1) is 0 Å². The van der Waals surface area contributed by atoms with E-state index >= 15 is 0 Å². The second kappa shape index (κ2) is 8.90. The van der Waals surface area contributed by atoms with Crippen LogP contribution in [0.25, 0.3) is 22.3 Å². The molecule has 0 heterocycles. The van der Waals surface area contributed by atoms with Crippen LogP contribution in [0, 0.1) is 21.0 Å². The van der Waals surface area contributed by atoms with Crippen molar-refractivity contribution >= 4 is 67.8 Å². The lowest BCUT2D eigenvalue weighted by Gasteiger charge is -2.34. The Kier molecular flexibility index (Phi) is 5.92. The van der Waals surface area contributed by atoms with E-state index < -0.39 is 0 Å². The minimum atomic E-state index is -0.379. The first-order valence-electron chi connectivity index (χ1n) is 12.8. The summed E-state index contributed by atoms with van der Waals surface area (Å²) >= 11 is 7.51. The first-order chi connectivity index (χ1) is 18.2. The van der Waals surface area contributed by atoms with Crippen molar-refractivity contribution in [2.24, 2.45) is 0 Å². The van der Waals surface area contributed by atoms with Crippen molar-refractivity contribution in [2.75, 3.05) is 0 Å². The van der Waals surface area contributed by atoms with E-state index in [1.54, 1.807) is 0 Å². The summed E-state index contributed by atoms with van der Waals surface area (Å²) in [7, 11) is 0. The molecule has 3 heteroatoms. The number of rotatable bonds is 2. The molecule has 0 fully saturated rings. The SMILES string of the molecule is Cc1ccc2c(c1)C(C)(I)c1cc3c(cc1-2)C(c1ccc(I)cc1)(c1ccc(I)cc1)c1cc(C)ccc1-3. The molecule has 0 saturated carbocycles. The summed E-state index contributed by atoms with van der Waals surface area (Å²) in [6, 6.07) is 37.5. The number of benzene rings is 5. The summed E-state index contributed by atoms with van der Waals surface area (Å²) in [5.74, 6) is 0. The topological polar surface area (TPSA) is 0 Å². The van der Waals surface area contributed by atoms with Crippen LogP contribution in [-0.2, 0) is 8.84 Å². The second-order valence-electron chi connectivity index (χ2n) is 10.8. The molecule has 5 aromatic rings. The van der Waals surface area contributed by atoms with Gasteiger partial charge in [0.2, 0.25) is 0 Å². The standard InChI is InChI=1S/C35H25I3/c1-20-4-14-26-28-19-33-29(18-31(28)34(3,38)30(26)16-20)27-15-5-21(2)17-32(27)35(33,22-6-10-24(36)11-7-22)23-8-12-25(37)13-9-23/h4-19H,1-3H3. The largest absolute Gasteiger partial charge is 0.0713 e. The highest BCUT2D eigenvalue weighted by Gasteiger charge is 2.48. The van der Waals surface area contributed by atoms with Crippen molar-refractivity contribution in [3.63, 3.8) is 0 Å². The molecule has 0 aliphatic heterocycles. The number of hydrogen-bond acceptors (Lipinski definition) is 0. The number of fused-ring (bicyclic) bond motifs is 6. The predicted octanol–water partition coefficient (Wildman–Crippen LogP) is 10.6. The average molecular weight is 826 g/mol. The number of aryl methyl sites for hydroxylation is 2. The Hall–Kier alpha value is -1.71. The van der Waals surface area contributed by atoms with E-state index in [4.69, 9.17) is 0 Å². The smallest absolute Gasteiger partial charge is 0.0686 e. The van der Waals surface area contributed by atoms with Gasteiger partial charge in [-0.3, -0.25) is 0 Å². The van der Waals surface area contributed by atoms with E-state index in [-0.39, 0.29) is 8.84 Å². The van der Waals surface area contributed by atoms with Crippen LogP contribution in [0.15, 0.2) is 97.1 Å². The Morgan fingerprint density at radius 3 is 1.42 bits per heavy atom. The summed E-state index contributed by atoms with van der Waals surface area (Å²) in [5.41, 5.74) is 16.0. The maximum Gasteiger partial charge on any atom is 0.0713 e. The molecule has 0 N–H and O–H groups in total. The minimum Gasteiger partial charge on any atom is -0.0686 e. The van der Waals surface area contributed by atoms with Gasteiger partial charge in [0.25, 0.3) is 0 Å². The molecule has 38 heavy (non-hydrogen) atoms. The van der Waals surface area contributed by atoms with Crippen LogP contribution < -0.4 is 0 Å². The van der Waals surface area contributed by atoms with E-state index in [0.717, 1.165) is 0 Å². The summed E-state index contributed by atoms with van der Waals surface area (Å²) in [4.78, 5) is 0. The molecule has 0 amide bonds. The van der Waals surface area contributed by atoms with Gasteiger partial charge in [-0.05, 0) is 158 Å². The first-order valence-corrected chi connectivity index (χ1v) is 16.1. The third-order valence-corrected chi connectivity index (χ3v) is 11.1. The maximum absolute atomic E-state index is 2.67. The van der Waals surface area contributed by atoms with Gasteiger partial charge in [-0.25, -0.2) is 0 Å². The summed E-state index contributed by atoms with van der Waals surface area (Å²) in [6.07, 6.45) is 0. The second-order valence-corrected chi connectivity index (χ2v) is 15.5. The fourth-order valence-corrected chi connectivity index (χ4v) is 8.32. The molecule has 1 atom stereocenters. The van der Waals surface area contributed by atoms with Crippen LogP contribution in [0.1, 0.15) is 51.4 Å². The zero-order chi connectivity index (χ0) is 26.4. The lowest BCUT2D eigenvalue weighted by Crippen LogP contribution is -2.29. The molecule has 0 saturated heterocycles. The van der Waals surface area contributed by atoms with Crippen molar-refractivity contribution in [3.05, 3.63) is 149 Å². The van der Waals surface area contributed by atoms with E-state index in [1.807, 2.05) is 0 Å². The Labute approximate surface area is 265 Å². The van der Waals surface area contributed by atoms with Crippen LogP contribution in [0.3, 0.4) is 0 Å². The van der Waals surface area contributed by atoms with Gasteiger partial charge in [0.1, 0.15) is 0 Å². The molecule has 0 nitrogen and oxygen atoms in total. The predicted molar refractivity (Wildman–Crippen MR) is 185 cm³/mol. The molecule has 0 spiro atoms. The Morgan fingerprint density at radius 2 is 0.868 bits per heavy atom. The third kappa shape index (κ3) is 3.49. The molecule has 0 aromatic heterocycles. The average Bonchev–Trinajstić information content (AvgIpc) is 3.29. The molecule has 2 aliphatic rings. The fraction of sp³-hybridized carbons (Fsp3) is 0.143. The molecule has 7 rings (SSSR count). The number of hydrogen-bond donors (Lipinski definition) is 0. The van der Waals surface area contributed by atoms with Gasteiger partial charge in [0.05, 0.1) is 8.84 Å². The third-order valence-electron chi connectivity index (χ3n) is 8.46.